The maximum atomic E-state index is 11.2. The predicted octanol–water partition coefficient (Wildman–Crippen LogP) is 4.32. The minimum absolute atomic E-state index is 0.140. The topological polar surface area (TPSA) is 26.3 Å². The van der Waals surface area contributed by atoms with Crippen LogP contribution in [0.25, 0.3) is 0 Å². The Kier molecular flexibility index (Phi) is 7.44. The van der Waals surface area contributed by atoms with Crippen molar-refractivity contribution in [3.8, 4) is 0 Å². The molecule has 2 nitrogen and oxygen atoms in total. The van der Waals surface area contributed by atoms with Gasteiger partial charge in [0.1, 0.15) is 5.60 Å². The van der Waals surface area contributed by atoms with E-state index in [1.165, 1.54) is 26.2 Å². The van der Waals surface area contributed by atoms with Gasteiger partial charge in [-0.1, -0.05) is 40.5 Å². The number of carbonyl (C=O) groups is 1. The Morgan fingerprint density at radius 2 is 1.75 bits per heavy atom. The van der Waals surface area contributed by atoms with Crippen LogP contribution in [0.1, 0.15) is 73.1 Å². The Morgan fingerprint density at radius 3 is 2.06 bits per heavy atom. The Balaban J connectivity index is 4.73. The van der Waals surface area contributed by atoms with Crippen molar-refractivity contribution in [1.29, 1.82) is 0 Å². The second-order valence-corrected chi connectivity index (χ2v) is 4.61. The molecule has 1 unspecified atom stereocenters. The van der Waals surface area contributed by atoms with Gasteiger partial charge < -0.3 is 4.74 Å². The number of unbranched alkanes of at least 4 members (excludes halogenated alkanes) is 1. The summed E-state index contributed by atoms with van der Waals surface area (Å²) < 4.78 is 5.65. The standard InChI is InChI=1S/C14H28O2/c1-6-10-11-13(7-2)14(8-3,9-4)16-12(5)15/h13H,6-11H2,1-5H3. The molecule has 0 bridgehead atoms. The maximum Gasteiger partial charge on any atom is 0.303 e. The molecule has 0 aliphatic rings. The first kappa shape index (κ1) is 15.5. The molecule has 0 aromatic rings. The number of rotatable bonds is 8. The Hall–Kier alpha value is -0.530. The van der Waals surface area contributed by atoms with Gasteiger partial charge in [0, 0.05) is 6.92 Å². The third kappa shape index (κ3) is 4.15. The number of hydrogen-bond acceptors (Lipinski definition) is 2. The van der Waals surface area contributed by atoms with Gasteiger partial charge in [-0.2, -0.15) is 0 Å². The average Bonchev–Trinajstić information content (AvgIpc) is 2.27. The molecule has 0 aliphatic carbocycles. The van der Waals surface area contributed by atoms with E-state index >= 15 is 0 Å². The summed E-state index contributed by atoms with van der Waals surface area (Å²) in [7, 11) is 0. The summed E-state index contributed by atoms with van der Waals surface area (Å²) in [5.41, 5.74) is -0.226. The monoisotopic (exact) mass is 228 g/mol. The van der Waals surface area contributed by atoms with Crippen molar-refractivity contribution in [1.82, 2.24) is 0 Å². The van der Waals surface area contributed by atoms with Crippen LogP contribution >= 0.6 is 0 Å². The molecule has 0 saturated heterocycles. The lowest BCUT2D eigenvalue weighted by Gasteiger charge is -2.38. The molecule has 0 radical (unpaired) electrons. The van der Waals surface area contributed by atoms with Crippen molar-refractivity contribution in [3.05, 3.63) is 0 Å². The fourth-order valence-corrected chi connectivity index (χ4v) is 2.63. The van der Waals surface area contributed by atoms with Crippen LogP contribution < -0.4 is 0 Å². The zero-order valence-corrected chi connectivity index (χ0v) is 11.6. The molecule has 0 amide bonds. The number of ether oxygens (including phenoxy) is 1. The molecular weight excluding hydrogens is 200 g/mol. The summed E-state index contributed by atoms with van der Waals surface area (Å²) in [6, 6.07) is 0. The van der Waals surface area contributed by atoms with Crippen molar-refractivity contribution in [3.63, 3.8) is 0 Å². The van der Waals surface area contributed by atoms with Gasteiger partial charge in [-0.25, -0.2) is 0 Å². The smallest absolute Gasteiger partial charge is 0.303 e. The highest BCUT2D eigenvalue weighted by molar-refractivity contribution is 5.66. The van der Waals surface area contributed by atoms with Crippen molar-refractivity contribution in [2.24, 2.45) is 5.92 Å². The molecular formula is C14H28O2. The van der Waals surface area contributed by atoms with Gasteiger partial charge in [-0.05, 0) is 31.6 Å². The molecule has 16 heavy (non-hydrogen) atoms. The summed E-state index contributed by atoms with van der Waals surface area (Å²) >= 11 is 0. The third-order valence-electron chi connectivity index (χ3n) is 3.69. The van der Waals surface area contributed by atoms with Crippen LogP contribution in [0.2, 0.25) is 0 Å². The molecule has 96 valence electrons. The van der Waals surface area contributed by atoms with E-state index in [1.54, 1.807) is 0 Å². The van der Waals surface area contributed by atoms with Gasteiger partial charge in [0.25, 0.3) is 0 Å². The summed E-state index contributed by atoms with van der Waals surface area (Å²) in [5.74, 6) is 0.366. The Bertz CT molecular complexity index is 195. The van der Waals surface area contributed by atoms with E-state index in [9.17, 15) is 4.79 Å². The van der Waals surface area contributed by atoms with E-state index in [4.69, 9.17) is 4.74 Å². The molecule has 0 aromatic carbocycles. The van der Waals surface area contributed by atoms with Crippen LogP contribution in [-0.4, -0.2) is 11.6 Å². The van der Waals surface area contributed by atoms with E-state index in [0.29, 0.717) is 5.92 Å². The Morgan fingerprint density at radius 1 is 1.19 bits per heavy atom. The molecule has 2 heteroatoms. The van der Waals surface area contributed by atoms with Crippen molar-refractivity contribution >= 4 is 5.97 Å². The van der Waals surface area contributed by atoms with Gasteiger partial charge in [-0.15, -0.1) is 0 Å². The van der Waals surface area contributed by atoms with Crippen LogP contribution in [0.4, 0.5) is 0 Å². The molecule has 0 rings (SSSR count). The zero-order valence-electron chi connectivity index (χ0n) is 11.6. The van der Waals surface area contributed by atoms with Crippen LogP contribution in [-0.2, 0) is 9.53 Å². The van der Waals surface area contributed by atoms with Crippen LogP contribution in [0.3, 0.4) is 0 Å². The summed E-state index contributed by atoms with van der Waals surface area (Å²) in [6.07, 6.45) is 6.54. The first-order valence-electron chi connectivity index (χ1n) is 6.75. The molecule has 0 N–H and O–H groups in total. The fraction of sp³-hybridized carbons (Fsp3) is 0.929. The van der Waals surface area contributed by atoms with E-state index in [2.05, 4.69) is 27.7 Å². The molecule has 0 saturated carbocycles. The SMILES string of the molecule is CCCCC(CC)C(CC)(CC)OC(C)=O. The molecule has 0 spiro atoms. The molecule has 1 atom stereocenters. The molecule has 0 aromatic heterocycles. The minimum atomic E-state index is -0.226. The van der Waals surface area contributed by atoms with Crippen LogP contribution in [0.5, 0.6) is 0 Å². The lowest BCUT2D eigenvalue weighted by molar-refractivity contribution is -0.165. The van der Waals surface area contributed by atoms with Gasteiger partial charge in [-0.3, -0.25) is 4.79 Å². The van der Waals surface area contributed by atoms with Gasteiger partial charge in [0.15, 0.2) is 0 Å². The van der Waals surface area contributed by atoms with E-state index in [0.717, 1.165) is 19.3 Å². The van der Waals surface area contributed by atoms with Crippen molar-refractivity contribution in [2.75, 3.05) is 0 Å². The Labute approximate surface area is 101 Å². The quantitative estimate of drug-likeness (QED) is 0.578. The number of carbonyl (C=O) groups excluding carboxylic acids is 1. The van der Waals surface area contributed by atoms with Gasteiger partial charge in [0.05, 0.1) is 0 Å². The number of esters is 1. The van der Waals surface area contributed by atoms with E-state index < -0.39 is 0 Å². The molecule has 0 fully saturated rings. The van der Waals surface area contributed by atoms with E-state index in [1.807, 2.05) is 0 Å². The molecule has 0 heterocycles. The lowest BCUT2D eigenvalue weighted by atomic mass is 9.78. The highest BCUT2D eigenvalue weighted by Gasteiger charge is 2.37. The van der Waals surface area contributed by atoms with Gasteiger partial charge >= 0.3 is 5.97 Å². The average molecular weight is 228 g/mol. The van der Waals surface area contributed by atoms with E-state index in [-0.39, 0.29) is 11.6 Å². The van der Waals surface area contributed by atoms with Crippen LogP contribution in [0, 0.1) is 5.92 Å². The first-order chi connectivity index (χ1) is 7.56. The maximum absolute atomic E-state index is 11.2. The van der Waals surface area contributed by atoms with Gasteiger partial charge in [0.2, 0.25) is 0 Å². The second-order valence-electron chi connectivity index (χ2n) is 4.61. The number of hydrogen-bond donors (Lipinski definition) is 0. The summed E-state index contributed by atoms with van der Waals surface area (Å²) in [4.78, 5) is 11.2. The second kappa shape index (κ2) is 7.70. The van der Waals surface area contributed by atoms with Crippen molar-refractivity contribution < 1.29 is 9.53 Å². The predicted molar refractivity (Wildman–Crippen MR) is 68.4 cm³/mol. The highest BCUT2D eigenvalue weighted by Crippen LogP contribution is 2.35. The van der Waals surface area contributed by atoms with Crippen molar-refractivity contribution in [2.45, 2.75) is 78.7 Å². The largest absolute Gasteiger partial charge is 0.459 e. The summed E-state index contributed by atoms with van der Waals surface area (Å²) in [6.45, 7) is 10.2. The summed E-state index contributed by atoms with van der Waals surface area (Å²) in [5, 5.41) is 0. The lowest BCUT2D eigenvalue weighted by Crippen LogP contribution is -2.41. The normalized spacial score (nSPS) is 13.6. The minimum Gasteiger partial charge on any atom is -0.459 e. The molecule has 0 aliphatic heterocycles. The zero-order chi connectivity index (χ0) is 12.6. The highest BCUT2D eigenvalue weighted by atomic mass is 16.6. The fourth-order valence-electron chi connectivity index (χ4n) is 2.63. The first-order valence-corrected chi connectivity index (χ1v) is 6.75. The van der Waals surface area contributed by atoms with Crippen LogP contribution in [0.15, 0.2) is 0 Å². The third-order valence-corrected chi connectivity index (χ3v) is 3.69.